The van der Waals surface area contributed by atoms with Crippen LogP contribution in [-0.2, 0) is 16.4 Å². The third-order valence-corrected chi connectivity index (χ3v) is 8.19. The minimum atomic E-state index is -4.24. The number of pyridine rings is 1. The monoisotopic (exact) mass is 623 g/mol. The van der Waals surface area contributed by atoms with E-state index < -0.39 is 38.7 Å². The fourth-order valence-electron chi connectivity index (χ4n) is 3.84. The summed E-state index contributed by atoms with van der Waals surface area (Å²) in [5.74, 6) is -3.37. The molecule has 0 radical (unpaired) electrons. The molecule has 0 amide bonds. The van der Waals surface area contributed by atoms with Gasteiger partial charge in [-0.05, 0) is 60.0 Å². The molecule has 186 valence electrons. The van der Waals surface area contributed by atoms with Gasteiger partial charge in [0.05, 0.1) is 19.1 Å². The molecule has 0 aliphatic heterocycles. The van der Waals surface area contributed by atoms with Crippen molar-refractivity contribution in [2.45, 2.75) is 16.3 Å². The Morgan fingerprint density at radius 3 is 2.50 bits per heavy atom. The van der Waals surface area contributed by atoms with Gasteiger partial charge in [-0.3, -0.25) is 4.98 Å². The molecule has 4 aromatic rings. The zero-order valence-electron chi connectivity index (χ0n) is 18.6. The number of phenolic OH excluding ortho intramolecular Hbond substituents is 1. The smallest absolute Gasteiger partial charge is 0.339 e. The van der Waals surface area contributed by atoms with Crippen molar-refractivity contribution in [3.8, 4) is 28.4 Å². The number of sulfone groups is 1. The first-order chi connectivity index (χ1) is 17.1. The molecule has 0 spiro atoms. The minimum absolute atomic E-state index is 0.0686. The number of rotatable bonds is 7. The van der Waals surface area contributed by atoms with Crippen LogP contribution < -0.4 is 5.32 Å². The van der Waals surface area contributed by atoms with Gasteiger partial charge in [-0.1, -0.05) is 12.1 Å². The highest BCUT2D eigenvalue weighted by Crippen LogP contribution is 2.43. The molecule has 0 aliphatic rings. The predicted molar refractivity (Wildman–Crippen MR) is 137 cm³/mol. The molecule has 9 nitrogen and oxygen atoms in total. The standard InChI is InChI=1S/C24H19FIN3O6S/c1-27-11-13-9-19(36(34,35)14-5-4-8-28-12-14)21(15-6-2-3-7-17(15)25)29(13)22-18(30)10-16(24(32)33)23(31)20(22)26/h2-10,12,27,30-31H,11H2,1H3,(H,32,33). The van der Waals surface area contributed by atoms with Crippen molar-refractivity contribution in [2.75, 3.05) is 7.05 Å². The maximum absolute atomic E-state index is 15.2. The molecule has 36 heavy (non-hydrogen) atoms. The number of nitrogens with zero attached hydrogens (tertiary/aromatic N) is 2. The van der Waals surface area contributed by atoms with Crippen LogP contribution in [0.15, 0.2) is 70.7 Å². The van der Waals surface area contributed by atoms with Gasteiger partial charge in [-0.25, -0.2) is 17.6 Å². The highest BCUT2D eigenvalue weighted by molar-refractivity contribution is 14.1. The first-order valence-corrected chi connectivity index (χ1v) is 12.9. The summed E-state index contributed by atoms with van der Waals surface area (Å²) in [4.78, 5) is 15.0. The molecule has 0 atom stereocenters. The number of hydrogen-bond donors (Lipinski definition) is 4. The molecular weight excluding hydrogens is 604 g/mol. The summed E-state index contributed by atoms with van der Waals surface area (Å²) in [7, 11) is -2.62. The summed E-state index contributed by atoms with van der Waals surface area (Å²) >= 11 is 1.66. The lowest BCUT2D eigenvalue weighted by molar-refractivity contribution is 0.0693. The Bertz CT molecular complexity index is 1590. The van der Waals surface area contributed by atoms with E-state index in [2.05, 4.69) is 10.3 Å². The Balaban J connectivity index is 2.19. The summed E-state index contributed by atoms with van der Waals surface area (Å²) in [5.41, 5.74) is -0.543. The fourth-order valence-corrected chi connectivity index (χ4v) is 6.11. The second-order valence-electron chi connectivity index (χ2n) is 7.65. The molecule has 0 fully saturated rings. The molecule has 4 rings (SSSR count). The maximum Gasteiger partial charge on any atom is 0.339 e. The van der Waals surface area contributed by atoms with E-state index in [0.29, 0.717) is 5.69 Å². The summed E-state index contributed by atoms with van der Waals surface area (Å²) in [5, 5.41) is 33.8. The zero-order valence-corrected chi connectivity index (χ0v) is 21.6. The lowest BCUT2D eigenvalue weighted by Crippen LogP contribution is -2.13. The molecule has 2 heterocycles. The minimum Gasteiger partial charge on any atom is -0.506 e. The van der Waals surface area contributed by atoms with Crippen LogP contribution >= 0.6 is 22.6 Å². The average molecular weight is 623 g/mol. The lowest BCUT2D eigenvalue weighted by atomic mass is 10.1. The molecular formula is C24H19FIN3O6S. The Morgan fingerprint density at radius 2 is 1.89 bits per heavy atom. The Hall–Kier alpha value is -3.49. The number of nitrogens with one attached hydrogen (secondary N) is 1. The van der Waals surface area contributed by atoms with E-state index >= 15 is 4.39 Å². The molecule has 0 bridgehead atoms. The van der Waals surface area contributed by atoms with Crippen LogP contribution in [0.3, 0.4) is 0 Å². The Labute approximate surface area is 218 Å². The van der Waals surface area contributed by atoms with Gasteiger partial charge in [0.25, 0.3) is 0 Å². The highest BCUT2D eigenvalue weighted by Gasteiger charge is 2.32. The van der Waals surface area contributed by atoms with Crippen molar-refractivity contribution in [3.63, 3.8) is 0 Å². The van der Waals surface area contributed by atoms with Crippen LogP contribution in [0.4, 0.5) is 4.39 Å². The number of benzene rings is 2. The van der Waals surface area contributed by atoms with Crippen LogP contribution in [0.2, 0.25) is 0 Å². The second-order valence-corrected chi connectivity index (χ2v) is 10.6. The van der Waals surface area contributed by atoms with Crippen molar-refractivity contribution >= 4 is 38.4 Å². The van der Waals surface area contributed by atoms with E-state index in [1.165, 1.54) is 59.4 Å². The quantitative estimate of drug-likeness (QED) is 0.179. The number of carbonyl (C=O) groups is 1. The Morgan fingerprint density at radius 1 is 1.17 bits per heavy atom. The number of phenols is 2. The summed E-state index contributed by atoms with van der Waals surface area (Å²) in [6, 6.07) is 10.6. The van der Waals surface area contributed by atoms with Gasteiger partial charge in [0, 0.05) is 36.3 Å². The van der Waals surface area contributed by atoms with Crippen LogP contribution in [0.25, 0.3) is 16.9 Å². The van der Waals surface area contributed by atoms with E-state index in [-0.39, 0.29) is 36.9 Å². The van der Waals surface area contributed by atoms with E-state index in [0.717, 1.165) is 6.07 Å². The molecule has 0 saturated heterocycles. The lowest BCUT2D eigenvalue weighted by Gasteiger charge is -2.19. The number of aromatic hydroxyl groups is 2. The van der Waals surface area contributed by atoms with Crippen molar-refractivity contribution < 1.29 is 32.9 Å². The number of carboxylic acids is 1. The SMILES string of the molecule is CNCc1cc(S(=O)(=O)c2cccnc2)c(-c2ccccc2F)n1-c1c(O)cc(C(=O)O)c(O)c1I. The first-order valence-electron chi connectivity index (χ1n) is 10.4. The van der Waals surface area contributed by atoms with Crippen LogP contribution in [-0.4, -0.2) is 46.3 Å². The van der Waals surface area contributed by atoms with Crippen molar-refractivity contribution in [3.05, 3.63) is 81.6 Å². The van der Waals surface area contributed by atoms with Gasteiger partial charge in [-0.2, -0.15) is 0 Å². The van der Waals surface area contributed by atoms with Crippen LogP contribution in [0.1, 0.15) is 16.1 Å². The normalized spacial score (nSPS) is 11.5. The van der Waals surface area contributed by atoms with E-state index in [9.17, 15) is 28.5 Å². The van der Waals surface area contributed by atoms with Gasteiger partial charge >= 0.3 is 5.97 Å². The summed E-state index contributed by atoms with van der Waals surface area (Å²) in [6.45, 7) is 0.0843. The van der Waals surface area contributed by atoms with Gasteiger partial charge in [0.15, 0.2) is 0 Å². The third-order valence-electron chi connectivity index (χ3n) is 5.41. The molecule has 0 saturated carbocycles. The average Bonchev–Trinajstić information content (AvgIpc) is 3.22. The molecule has 0 unspecified atom stereocenters. The highest BCUT2D eigenvalue weighted by atomic mass is 127. The number of carboxylic acid groups (broad SMARTS) is 1. The predicted octanol–water partition coefficient (Wildman–Crippen LogP) is 3.94. The number of aromatic carboxylic acids is 1. The van der Waals surface area contributed by atoms with Crippen molar-refractivity contribution in [1.82, 2.24) is 14.9 Å². The van der Waals surface area contributed by atoms with Gasteiger partial charge in [-0.15, -0.1) is 0 Å². The van der Waals surface area contributed by atoms with Crippen molar-refractivity contribution in [1.29, 1.82) is 0 Å². The third kappa shape index (κ3) is 4.31. The Kier molecular flexibility index (Phi) is 7.02. The maximum atomic E-state index is 15.2. The molecule has 4 N–H and O–H groups in total. The zero-order chi connectivity index (χ0) is 26.2. The second kappa shape index (κ2) is 9.87. The largest absolute Gasteiger partial charge is 0.506 e. The summed E-state index contributed by atoms with van der Waals surface area (Å²) in [6.07, 6.45) is 2.59. The first kappa shape index (κ1) is 25.6. The topological polar surface area (TPSA) is 142 Å². The number of hydrogen-bond acceptors (Lipinski definition) is 7. The molecule has 2 aromatic carbocycles. The van der Waals surface area contributed by atoms with E-state index in [4.69, 9.17) is 0 Å². The number of aromatic nitrogens is 2. The van der Waals surface area contributed by atoms with Crippen LogP contribution in [0, 0.1) is 9.39 Å². The van der Waals surface area contributed by atoms with E-state index in [1.807, 2.05) is 0 Å². The molecule has 12 heteroatoms. The van der Waals surface area contributed by atoms with E-state index in [1.54, 1.807) is 29.6 Å². The van der Waals surface area contributed by atoms with Crippen molar-refractivity contribution in [2.24, 2.45) is 0 Å². The molecule has 0 aliphatic carbocycles. The van der Waals surface area contributed by atoms with Gasteiger partial charge < -0.3 is 25.2 Å². The molecule has 2 aromatic heterocycles. The van der Waals surface area contributed by atoms with Gasteiger partial charge in [0.2, 0.25) is 9.84 Å². The van der Waals surface area contributed by atoms with Crippen LogP contribution in [0.5, 0.6) is 11.5 Å². The van der Waals surface area contributed by atoms with Gasteiger partial charge in [0.1, 0.15) is 28.6 Å². The number of halogens is 2. The fraction of sp³-hybridized carbons (Fsp3) is 0.0833. The summed E-state index contributed by atoms with van der Waals surface area (Å²) < 4.78 is 43.9.